The molecule has 1 N–H and O–H groups in total. The molecule has 16 heteroatoms. The van der Waals surface area contributed by atoms with Gasteiger partial charge in [0.1, 0.15) is 34.5 Å². The summed E-state index contributed by atoms with van der Waals surface area (Å²) in [6.45, 7) is 5.26. The number of rotatable bonds is 13. The van der Waals surface area contributed by atoms with Crippen molar-refractivity contribution in [2.45, 2.75) is 49.7 Å². The predicted octanol–water partition coefficient (Wildman–Crippen LogP) is 10.6. The number of ketones is 1. The van der Waals surface area contributed by atoms with Gasteiger partial charge in [0, 0.05) is 85.9 Å². The van der Waals surface area contributed by atoms with Crippen LogP contribution in [0.5, 0.6) is 0 Å². The molecule has 0 aromatic heterocycles. The first-order valence-corrected chi connectivity index (χ1v) is 25.5. The van der Waals surface area contributed by atoms with E-state index in [1.165, 1.54) is 48.5 Å². The van der Waals surface area contributed by atoms with Crippen molar-refractivity contribution in [2.75, 3.05) is 68.7 Å². The van der Waals surface area contributed by atoms with Crippen LogP contribution < -0.4 is 15.1 Å². The standard InChI is InChI=1S/C27H26F2N2O2.C16H17F2NO3S.C12H13NO2/c28-20-6-10-22(11-7-20)31(23-12-8-21(29)9-13-23)17-3-16-30-18-14-27(15-19-30)25-5-2-1-4-24(25)26(32)33-27;1-23(20,21)22-12-2-11-19(15-7-3-13(17)4-8-15)16-9-5-14(18)6-10-16;14-11-7-12(5-6-13-8-15-12)10-4-2-1-3-9(10)11/h1-2,4-13H,3,14-19H2;3-10H,2,11-12H2,1H3;1-4,13H,5-8H2. The number of fused-ring (bicyclic) bond motifs is 4. The summed E-state index contributed by atoms with van der Waals surface area (Å²) in [6.07, 6.45) is 5.28. The molecule has 6 aromatic carbocycles. The summed E-state index contributed by atoms with van der Waals surface area (Å²) < 4.78 is 91.4. The Morgan fingerprint density at radius 3 is 1.52 bits per heavy atom. The molecule has 2 saturated heterocycles. The molecule has 0 amide bonds. The first-order chi connectivity index (χ1) is 34.2. The van der Waals surface area contributed by atoms with E-state index < -0.39 is 15.7 Å². The Balaban J connectivity index is 0.000000154. The second kappa shape index (κ2) is 22.8. The lowest BCUT2D eigenvalue weighted by Gasteiger charge is -2.39. The third-order valence-electron chi connectivity index (χ3n) is 13.1. The normalized spacial score (nSPS) is 17.9. The maximum Gasteiger partial charge on any atom is 0.339 e. The minimum atomic E-state index is -3.48. The molecular formula is C55H56F4N4O7S. The monoisotopic (exact) mass is 992 g/mol. The number of hydrogen-bond donors (Lipinski definition) is 1. The van der Waals surface area contributed by atoms with Crippen LogP contribution in [-0.2, 0) is 35.0 Å². The van der Waals surface area contributed by atoms with E-state index in [0.29, 0.717) is 31.7 Å². The molecule has 3 aliphatic heterocycles. The molecule has 3 heterocycles. The number of carbonyl (C=O) groups excluding carboxylic acids is 2. The van der Waals surface area contributed by atoms with Gasteiger partial charge in [-0.25, -0.2) is 22.4 Å². The average Bonchev–Trinajstić information content (AvgIpc) is 3.80. The van der Waals surface area contributed by atoms with Gasteiger partial charge >= 0.3 is 5.97 Å². The van der Waals surface area contributed by atoms with Gasteiger partial charge in [0.15, 0.2) is 5.78 Å². The van der Waals surface area contributed by atoms with Crippen LogP contribution in [0, 0.1) is 23.3 Å². The highest BCUT2D eigenvalue weighted by atomic mass is 32.2. The number of Topliss-reactive ketones (excluding diaryl/α,β-unsaturated/α-hetero) is 1. The number of carbonyl (C=O) groups is 2. The molecule has 0 saturated carbocycles. The second-order valence-corrected chi connectivity index (χ2v) is 19.5. The number of likely N-dealkylation sites (tertiary alicyclic amines) is 1. The zero-order valence-corrected chi connectivity index (χ0v) is 40.2. The summed E-state index contributed by atoms with van der Waals surface area (Å²) in [7, 11) is -3.48. The maximum absolute atomic E-state index is 13.4. The first kappa shape index (κ1) is 50.9. The van der Waals surface area contributed by atoms with E-state index in [-0.39, 0.29) is 47.2 Å². The van der Waals surface area contributed by atoms with Gasteiger partial charge in [-0.05, 0) is 134 Å². The molecule has 71 heavy (non-hydrogen) atoms. The second-order valence-electron chi connectivity index (χ2n) is 17.9. The summed E-state index contributed by atoms with van der Waals surface area (Å²) in [5.41, 5.74) is 6.00. The number of nitrogens with zero attached hydrogens (tertiary/aromatic N) is 3. The lowest BCUT2D eigenvalue weighted by atomic mass is 9.84. The summed E-state index contributed by atoms with van der Waals surface area (Å²) in [6, 6.07) is 40.0. The van der Waals surface area contributed by atoms with Crippen molar-refractivity contribution < 1.29 is 49.2 Å². The highest BCUT2D eigenvalue weighted by Gasteiger charge is 2.47. The molecule has 11 nitrogen and oxygen atoms in total. The summed E-state index contributed by atoms with van der Waals surface area (Å²) in [5.74, 6) is -1.27. The van der Waals surface area contributed by atoms with Gasteiger partial charge in [0.05, 0.1) is 25.2 Å². The maximum atomic E-state index is 13.4. The van der Waals surface area contributed by atoms with Crippen molar-refractivity contribution in [3.05, 3.63) is 191 Å². The van der Waals surface area contributed by atoms with Crippen molar-refractivity contribution >= 4 is 44.6 Å². The number of piperidine rings is 1. The topological polar surface area (TPSA) is 118 Å². The number of benzene rings is 6. The third-order valence-corrected chi connectivity index (χ3v) is 13.7. The number of ether oxygens (including phenoxy) is 2. The van der Waals surface area contributed by atoms with Crippen molar-refractivity contribution in [3.63, 3.8) is 0 Å². The molecule has 6 aromatic rings. The van der Waals surface area contributed by atoms with Gasteiger partial charge in [-0.15, -0.1) is 0 Å². The largest absolute Gasteiger partial charge is 0.450 e. The van der Waals surface area contributed by atoms with E-state index in [1.807, 2.05) is 53.4 Å². The quantitative estimate of drug-likeness (QED) is 0.0516. The fraction of sp³-hybridized carbons (Fsp3) is 0.309. The van der Waals surface area contributed by atoms with E-state index in [9.17, 15) is 35.6 Å². The Kier molecular flexibility index (Phi) is 16.3. The zero-order valence-electron chi connectivity index (χ0n) is 39.4. The Labute approximate surface area is 412 Å². The molecule has 0 radical (unpaired) electrons. The van der Waals surface area contributed by atoms with Gasteiger partial charge in [-0.2, -0.15) is 8.42 Å². The van der Waals surface area contributed by atoms with Gasteiger partial charge in [-0.1, -0.05) is 42.5 Å². The lowest BCUT2D eigenvalue weighted by molar-refractivity contribution is -0.0841. The van der Waals surface area contributed by atoms with Crippen molar-refractivity contribution in [2.24, 2.45) is 0 Å². The van der Waals surface area contributed by atoms with Crippen LogP contribution in [-0.4, -0.2) is 83.9 Å². The molecule has 10 rings (SSSR count). The van der Waals surface area contributed by atoms with Gasteiger partial charge in [-0.3, -0.25) is 14.3 Å². The summed E-state index contributed by atoms with van der Waals surface area (Å²) in [5, 5.41) is 3.15. The van der Waals surface area contributed by atoms with Crippen LogP contribution in [0.15, 0.2) is 146 Å². The van der Waals surface area contributed by atoms with Crippen molar-refractivity contribution in [1.82, 2.24) is 10.2 Å². The van der Waals surface area contributed by atoms with Gasteiger partial charge in [0.25, 0.3) is 10.1 Å². The molecule has 4 aliphatic rings. The number of nitrogens with one attached hydrogen (secondary N) is 1. The summed E-state index contributed by atoms with van der Waals surface area (Å²) >= 11 is 0. The van der Waals surface area contributed by atoms with Crippen LogP contribution in [0.25, 0.3) is 0 Å². The Morgan fingerprint density at radius 1 is 0.606 bits per heavy atom. The summed E-state index contributed by atoms with van der Waals surface area (Å²) in [4.78, 5) is 30.4. The number of halogens is 4. The highest BCUT2D eigenvalue weighted by Crippen LogP contribution is 2.45. The van der Waals surface area contributed by atoms with E-state index in [2.05, 4.69) is 15.1 Å². The molecule has 1 unspecified atom stereocenters. The smallest absolute Gasteiger partial charge is 0.339 e. The predicted molar refractivity (Wildman–Crippen MR) is 264 cm³/mol. The van der Waals surface area contributed by atoms with Crippen molar-refractivity contribution in [1.29, 1.82) is 0 Å². The lowest BCUT2D eigenvalue weighted by Crippen LogP contribution is -2.43. The average molecular weight is 993 g/mol. The molecular weight excluding hydrogens is 937 g/mol. The third kappa shape index (κ3) is 12.7. The van der Waals surface area contributed by atoms with Crippen LogP contribution in [0.3, 0.4) is 0 Å². The Bertz CT molecular complexity index is 2770. The van der Waals surface area contributed by atoms with Crippen LogP contribution in [0.1, 0.15) is 70.4 Å². The molecule has 1 aliphatic carbocycles. The van der Waals surface area contributed by atoms with E-state index in [4.69, 9.17) is 13.7 Å². The minimum Gasteiger partial charge on any atom is -0.450 e. The number of anilines is 4. The number of esters is 1. The molecule has 0 bridgehead atoms. The number of hydrogen-bond acceptors (Lipinski definition) is 11. The van der Waals surface area contributed by atoms with Crippen LogP contribution in [0.2, 0.25) is 0 Å². The SMILES string of the molecule is CS(=O)(=O)OCCCN(c1ccc(F)cc1)c1ccc(F)cc1.O=C1CC2(CCNCO2)c2ccccc21.O=C1OC2(CCN(CCCN(c3ccc(F)cc3)c3ccc(F)cc3)CC2)c2ccccc21. The molecule has 2 fully saturated rings. The zero-order chi connectivity index (χ0) is 50.0. The molecule has 1 atom stereocenters. The molecule has 2 spiro atoms. The fourth-order valence-corrected chi connectivity index (χ4v) is 10.0. The highest BCUT2D eigenvalue weighted by molar-refractivity contribution is 7.85. The fourth-order valence-electron chi connectivity index (χ4n) is 9.59. The Hall–Kier alpha value is -6.43. The van der Waals surface area contributed by atoms with Crippen molar-refractivity contribution in [3.8, 4) is 0 Å². The van der Waals surface area contributed by atoms with Gasteiger partial charge in [0.2, 0.25) is 0 Å². The molecule has 372 valence electrons. The van der Waals surface area contributed by atoms with Crippen LogP contribution in [0.4, 0.5) is 40.3 Å². The van der Waals surface area contributed by atoms with Gasteiger partial charge < -0.3 is 24.2 Å². The first-order valence-electron chi connectivity index (χ1n) is 23.7. The van der Waals surface area contributed by atoms with E-state index in [1.54, 1.807) is 48.5 Å². The minimum absolute atomic E-state index is 0.0394. The van der Waals surface area contributed by atoms with E-state index >= 15 is 0 Å². The van der Waals surface area contributed by atoms with E-state index in [0.717, 1.165) is 104 Å². The van der Waals surface area contributed by atoms with Crippen LogP contribution >= 0.6 is 0 Å². The Morgan fingerprint density at radius 2 is 1.06 bits per heavy atom.